The van der Waals surface area contributed by atoms with Crippen LogP contribution in [0.15, 0.2) is 35.1 Å². The van der Waals surface area contributed by atoms with E-state index in [4.69, 9.17) is 9.84 Å². The highest BCUT2D eigenvalue weighted by Crippen LogP contribution is 2.14. The van der Waals surface area contributed by atoms with E-state index < -0.39 is 17.4 Å². The Kier molecular flexibility index (Phi) is 4.80. The summed E-state index contributed by atoms with van der Waals surface area (Å²) in [5.74, 6) is -1.62. The fourth-order valence-electron chi connectivity index (χ4n) is 2.46. The van der Waals surface area contributed by atoms with Gasteiger partial charge in [-0.25, -0.2) is 0 Å². The maximum Gasteiger partial charge on any atom is 0.305 e. The fraction of sp³-hybridized carbons (Fsp3) is 0.312. The number of amides is 1. The molecule has 0 radical (unpaired) electrons. The molecule has 23 heavy (non-hydrogen) atoms. The average molecular weight is 318 g/mol. The van der Waals surface area contributed by atoms with Crippen LogP contribution in [-0.4, -0.2) is 41.2 Å². The third-order valence-electron chi connectivity index (χ3n) is 3.42. The quantitative estimate of drug-likeness (QED) is 0.740. The molecular formula is C16H18N2O5. The number of carbonyl (C=O) groups excluding carboxylic acids is 1. The van der Waals surface area contributed by atoms with E-state index in [2.05, 4.69) is 10.3 Å². The van der Waals surface area contributed by atoms with E-state index >= 15 is 0 Å². The van der Waals surface area contributed by atoms with Gasteiger partial charge in [-0.3, -0.25) is 14.4 Å². The third-order valence-corrected chi connectivity index (χ3v) is 3.42. The molecule has 7 nitrogen and oxygen atoms in total. The van der Waals surface area contributed by atoms with Crippen molar-refractivity contribution in [1.82, 2.24) is 10.3 Å². The Bertz CT molecular complexity index is 798. The molecule has 1 atom stereocenters. The number of fused-ring (bicyclic) bond motifs is 1. The van der Waals surface area contributed by atoms with Crippen molar-refractivity contribution < 1.29 is 19.4 Å². The number of methoxy groups -OCH3 is 1. The molecule has 0 saturated carbocycles. The van der Waals surface area contributed by atoms with Gasteiger partial charge in [0.25, 0.3) is 11.5 Å². The van der Waals surface area contributed by atoms with Crippen LogP contribution >= 0.6 is 0 Å². The molecule has 0 aliphatic rings. The van der Waals surface area contributed by atoms with E-state index in [0.717, 1.165) is 0 Å². The fourth-order valence-corrected chi connectivity index (χ4v) is 2.46. The zero-order valence-corrected chi connectivity index (χ0v) is 12.9. The largest absolute Gasteiger partial charge is 0.481 e. The van der Waals surface area contributed by atoms with Crippen molar-refractivity contribution in [3.05, 3.63) is 46.4 Å². The molecule has 0 saturated heterocycles. The lowest BCUT2D eigenvalue weighted by molar-refractivity contribution is -0.139. The number of aromatic amines is 1. The summed E-state index contributed by atoms with van der Waals surface area (Å²) >= 11 is 0. The first kappa shape index (κ1) is 16.7. The van der Waals surface area contributed by atoms with E-state index in [1.807, 2.05) is 0 Å². The first-order valence-corrected chi connectivity index (χ1v) is 7.00. The van der Waals surface area contributed by atoms with Crippen molar-refractivity contribution in [2.45, 2.75) is 18.9 Å². The molecule has 0 bridgehead atoms. The molecule has 2 rings (SSSR count). The van der Waals surface area contributed by atoms with Crippen molar-refractivity contribution in [2.24, 2.45) is 0 Å². The van der Waals surface area contributed by atoms with Crippen LogP contribution in [0.1, 0.15) is 23.8 Å². The highest BCUT2D eigenvalue weighted by Gasteiger charge is 2.30. The van der Waals surface area contributed by atoms with Gasteiger partial charge < -0.3 is 20.1 Å². The first-order valence-electron chi connectivity index (χ1n) is 7.00. The van der Waals surface area contributed by atoms with Crippen molar-refractivity contribution in [3.8, 4) is 0 Å². The third kappa shape index (κ3) is 3.95. The number of ether oxygens (including phenoxy) is 1. The van der Waals surface area contributed by atoms with Crippen LogP contribution in [0.4, 0.5) is 0 Å². The summed E-state index contributed by atoms with van der Waals surface area (Å²) in [4.78, 5) is 37.9. The van der Waals surface area contributed by atoms with Crippen molar-refractivity contribution in [1.29, 1.82) is 0 Å². The second kappa shape index (κ2) is 6.62. The lowest BCUT2D eigenvalue weighted by Gasteiger charge is -2.28. The maximum absolute atomic E-state index is 12.4. The van der Waals surface area contributed by atoms with Crippen LogP contribution in [0.5, 0.6) is 0 Å². The SMILES string of the molecule is COCC(C)(CC(=O)O)NC(=O)c1cc2ccccc2c(=O)[nH]1. The van der Waals surface area contributed by atoms with Gasteiger partial charge >= 0.3 is 5.97 Å². The second-order valence-electron chi connectivity index (χ2n) is 5.62. The summed E-state index contributed by atoms with van der Waals surface area (Å²) in [7, 11) is 1.42. The molecule has 1 aromatic carbocycles. The number of rotatable bonds is 6. The number of nitrogens with one attached hydrogen (secondary N) is 2. The van der Waals surface area contributed by atoms with Crippen LogP contribution in [0.25, 0.3) is 10.8 Å². The maximum atomic E-state index is 12.4. The zero-order valence-electron chi connectivity index (χ0n) is 12.9. The normalized spacial score (nSPS) is 13.5. The Morgan fingerprint density at radius 2 is 2.04 bits per heavy atom. The number of pyridine rings is 1. The summed E-state index contributed by atoms with van der Waals surface area (Å²) in [5, 5.41) is 12.7. The Morgan fingerprint density at radius 3 is 2.70 bits per heavy atom. The predicted molar refractivity (Wildman–Crippen MR) is 84.6 cm³/mol. The molecule has 0 spiro atoms. The molecule has 3 N–H and O–H groups in total. The van der Waals surface area contributed by atoms with Crippen molar-refractivity contribution in [2.75, 3.05) is 13.7 Å². The smallest absolute Gasteiger partial charge is 0.305 e. The molecule has 0 fully saturated rings. The number of carboxylic acids is 1. The lowest BCUT2D eigenvalue weighted by atomic mass is 9.98. The number of H-pyrrole nitrogens is 1. The monoisotopic (exact) mass is 318 g/mol. The van der Waals surface area contributed by atoms with E-state index in [-0.39, 0.29) is 24.3 Å². The molecule has 7 heteroatoms. The lowest BCUT2D eigenvalue weighted by Crippen LogP contribution is -2.51. The number of carbonyl (C=O) groups is 2. The molecule has 1 heterocycles. The van der Waals surface area contributed by atoms with Crippen LogP contribution in [0.2, 0.25) is 0 Å². The van der Waals surface area contributed by atoms with E-state index in [9.17, 15) is 14.4 Å². The number of aliphatic carboxylic acids is 1. The van der Waals surface area contributed by atoms with Gasteiger partial charge in [0, 0.05) is 12.5 Å². The van der Waals surface area contributed by atoms with Gasteiger partial charge in [0.2, 0.25) is 0 Å². The number of hydrogen-bond donors (Lipinski definition) is 3. The predicted octanol–water partition coefficient (Wildman–Crippen LogP) is 1.14. The second-order valence-corrected chi connectivity index (χ2v) is 5.62. The molecule has 1 amide bonds. The Hall–Kier alpha value is -2.67. The van der Waals surface area contributed by atoms with Crippen LogP contribution in [0, 0.1) is 0 Å². The van der Waals surface area contributed by atoms with Gasteiger partial charge in [-0.1, -0.05) is 18.2 Å². The average Bonchev–Trinajstić information content (AvgIpc) is 2.46. The molecule has 1 aromatic heterocycles. The van der Waals surface area contributed by atoms with Crippen LogP contribution in [0.3, 0.4) is 0 Å². The van der Waals surface area contributed by atoms with Gasteiger partial charge in [0.15, 0.2) is 0 Å². The summed E-state index contributed by atoms with van der Waals surface area (Å²) in [6, 6.07) is 8.45. The molecule has 0 aliphatic heterocycles. The summed E-state index contributed by atoms with van der Waals surface area (Å²) in [6.45, 7) is 1.60. The van der Waals surface area contributed by atoms with Gasteiger partial charge in [-0.05, 0) is 24.4 Å². The summed E-state index contributed by atoms with van der Waals surface area (Å²) in [5.41, 5.74) is -1.39. The number of hydrogen-bond acceptors (Lipinski definition) is 4. The van der Waals surface area contributed by atoms with Crippen molar-refractivity contribution in [3.63, 3.8) is 0 Å². The zero-order chi connectivity index (χ0) is 17.0. The number of aromatic nitrogens is 1. The minimum Gasteiger partial charge on any atom is -0.481 e. The minimum absolute atomic E-state index is 0.0306. The van der Waals surface area contributed by atoms with Crippen molar-refractivity contribution >= 4 is 22.6 Å². The number of carboxylic acid groups (broad SMARTS) is 1. The molecule has 0 aliphatic carbocycles. The molecular weight excluding hydrogens is 300 g/mol. The van der Waals surface area contributed by atoms with E-state index in [1.165, 1.54) is 7.11 Å². The summed E-state index contributed by atoms with van der Waals surface area (Å²) in [6.07, 6.45) is -0.301. The molecule has 1 unspecified atom stereocenters. The van der Waals surface area contributed by atoms with E-state index in [0.29, 0.717) is 10.8 Å². The highest BCUT2D eigenvalue weighted by atomic mass is 16.5. The van der Waals surface area contributed by atoms with E-state index in [1.54, 1.807) is 37.3 Å². The number of benzene rings is 1. The Labute approximate surface area is 132 Å². The van der Waals surface area contributed by atoms with Gasteiger partial charge in [0.05, 0.1) is 18.6 Å². The minimum atomic E-state index is -1.08. The Morgan fingerprint density at radius 1 is 1.35 bits per heavy atom. The Balaban J connectivity index is 2.32. The first-order chi connectivity index (χ1) is 10.8. The van der Waals surface area contributed by atoms with Gasteiger partial charge in [-0.15, -0.1) is 0 Å². The summed E-state index contributed by atoms with van der Waals surface area (Å²) < 4.78 is 4.99. The highest BCUT2D eigenvalue weighted by molar-refractivity contribution is 5.96. The van der Waals surface area contributed by atoms with Crippen LogP contribution in [-0.2, 0) is 9.53 Å². The van der Waals surface area contributed by atoms with Gasteiger partial charge in [-0.2, -0.15) is 0 Å². The van der Waals surface area contributed by atoms with Gasteiger partial charge in [0.1, 0.15) is 5.69 Å². The van der Waals surface area contributed by atoms with Crippen LogP contribution < -0.4 is 10.9 Å². The molecule has 122 valence electrons. The standard InChI is InChI=1S/C16H18N2O5/c1-16(9-23-2,8-13(19)20)18-15(22)12-7-10-5-3-4-6-11(10)14(21)17-12/h3-7H,8-9H2,1-2H3,(H,17,21)(H,18,22)(H,19,20). The topological polar surface area (TPSA) is 108 Å². The molecule has 2 aromatic rings.